The number of halogens is 1. The van der Waals surface area contributed by atoms with Crippen LogP contribution in [-0.2, 0) is 11.3 Å². The van der Waals surface area contributed by atoms with Gasteiger partial charge in [-0.15, -0.1) is 0 Å². The molecule has 6 rings (SSSR count). The third-order valence-electron chi connectivity index (χ3n) is 7.67. The predicted octanol–water partition coefficient (Wildman–Crippen LogP) is 7.43. The zero-order valence-electron chi connectivity index (χ0n) is 22.4. The maximum Gasteiger partial charge on any atom is 0.337 e. The molecule has 202 valence electrons. The lowest BCUT2D eigenvalue weighted by Gasteiger charge is -2.42. The number of carbonyl (C=O) groups excluding carboxylic acids is 1. The van der Waals surface area contributed by atoms with Gasteiger partial charge in [0.05, 0.1) is 29.2 Å². The van der Waals surface area contributed by atoms with Gasteiger partial charge in [0, 0.05) is 22.9 Å². The molecule has 40 heavy (non-hydrogen) atoms. The van der Waals surface area contributed by atoms with Crippen molar-refractivity contribution in [3.05, 3.63) is 120 Å². The van der Waals surface area contributed by atoms with E-state index in [0.717, 1.165) is 44.7 Å². The van der Waals surface area contributed by atoms with Crippen LogP contribution in [0, 0.1) is 5.82 Å². The summed E-state index contributed by atoms with van der Waals surface area (Å²) < 4.78 is 27.5. The van der Waals surface area contributed by atoms with Crippen LogP contribution in [0.25, 0.3) is 27.7 Å². The summed E-state index contributed by atoms with van der Waals surface area (Å²) in [6, 6.07) is 29.8. The zero-order valence-corrected chi connectivity index (χ0v) is 22.4. The van der Waals surface area contributed by atoms with Gasteiger partial charge in [-0.2, -0.15) is 0 Å². The molecule has 0 spiro atoms. The molecule has 1 saturated carbocycles. The van der Waals surface area contributed by atoms with Crippen molar-refractivity contribution < 1.29 is 23.8 Å². The highest BCUT2D eigenvalue weighted by atomic mass is 19.1. The molecule has 1 aliphatic rings. The van der Waals surface area contributed by atoms with Gasteiger partial charge in [-0.1, -0.05) is 48.5 Å². The molecule has 1 fully saturated rings. The summed E-state index contributed by atoms with van der Waals surface area (Å²) in [5.74, 6) is 0.0765. The van der Waals surface area contributed by atoms with Crippen LogP contribution in [0.3, 0.4) is 0 Å². The maximum absolute atomic E-state index is 14.0. The quantitative estimate of drug-likeness (QED) is 0.220. The maximum atomic E-state index is 14.0. The molecule has 1 heterocycles. The van der Waals surface area contributed by atoms with Crippen molar-refractivity contribution in [2.24, 2.45) is 0 Å². The van der Waals surface area contributed by atoms with Crippen LogP contribution in [-0.4, -0.2) is 28.4 Å². The Kier molecular flexibility index (Phi) is 6.64. The number of carbonyl (C=O) groups is 1. The number of nitrogens with zero attached hydrogens (tertiary/aromatic N) is 1. The fraction of sp³-hybridized carbons (Fsp3) is 0.206. The number of ether oxygens (including phenoxy) is 2. The minimum atomic E-state index is -0.757. The van der Waals surface area contributed by atoms with Crippen LogP contribution < -0.4 is 4.74 Å². The predicted molar refractivity (Wildman–Crippen MR) is 153 cm³/mol. The molecule has 0 atom stereocenters. The lowest BCUT2D eigenvalue weighted by atomic mass is 9.69. The van der Waals surface area contributed by atoms with Crippen molar-refractivity contribution in [3.63, 3.8) is 0 Å². The van der Waals surface area contributed by atoms with E-state index in [1.807, 2.05) is 67.6 Å². The Labute approximate surface area is 232 Å². The van der Waals surface area contributed by atoms with Gasteiger partial charge in [-0.25, -0.2) is 9.18 Å². The average molecular weight is 536 g/mol. The van der Waals surface area contributed by atoms with Gasteiger partial charge in [0.25, 0.3) is 0 Å². The first-order valence-electron chi connectivity index (χ1n) is 13.4. The van der Waals surface area contributed by atoms with Gasteiger partial charge < -0.3 is 19.1 Å². The molecule has 1 aliphatic carbocycles. The van der Waals surface area contributed by atoms with Crippen molar-refractivity contribution in [1.82, 2.24) is 4.57 Å². The third kappa shape index (κ3) is 4.75. The highest BCUT2D eigenvalue weighted by molar-refractivity contribution is 6.04. The van der Waals surface area contributed by atoms with E-state index in [0.29, 0.717) is 25.0 Å². The lowest BCUT2D eigenvalue weighted by Crippen LogP contribution is -2.40. The van der Waals surface area contributed by atoms with Gasteiger partial charge >= 0.3 is 5.97 Å². The minimum Gasteiger partial charge on any atom is -0.488 e. The van der Waals surface area contributed by atoms with Crippen LogP contribution in [0.5, 0.6) is 5.75 Å². The van der Waals surface area contributed by atoms with E-state index < -0.39 is 11.6 Å². The van der Waals surface area contributed by atoms with Crippen LogP contribution in [0.4, 0.5) is 4.39 Å². The van der Waals surface area contributed by atoms with E-state index >= 15 is 0 Å². The molecular formula is C34H30FNO4. The van der Waals surface area contributed by atoms with Crippen LogP contribution >= 0.6 is 0 Å². The Morgan fingerprint density at radius 1 is 0.950 bits per heavy atom. The fourth-order valence-electron chi connectivity index (χ4n) is 5.82. The van der Waals surface area contributed by atoms with Crippen molar-refractivity contribution in [1.29, 1.82) is 0 Å². The Bertz CT molecular complexity index is 1660. The normalized spacial score (nSPS) is 18.4. The molecule has 6 heteroatoms. The van der Waals surface area contributed by atoms with E-state index in [-0.39, 0.29) is 11.7 Å². The summed E-state index contributed by atoms with van der Waals surface area (Å²) >= 11 is 0. The number of fused-ring (bicyclic) bond motifs is 1. The Balaban J connectivity index is 1.60. The van der Waals surface area contributed by atoms with Crippen molar-refractivity contribution >= 4 is 16.9 Å². The summed E-state index contributed by atoms with van der Waals surface area (Å²) in [7, 11) is 1.36. The third-order valence-corrected chi connectivity index (χ3v) is 7.67. The number of methoxy groups -OCH3 is 1. The number of esters is 1. The molecular weight excluding hydrogens is 505 g/mol. The highest BCUT2D eigenvalue weighted by Crippen LogP contribution is 2.52. The molecule has 5 nitrogen and oxygen atoms in total. The van der Waals surface area contributed by atoms with Crippen molar-refractivity contribution in [2.45, 2.75) is 37.9 Å². The lowest BCUT2D eigenvalue weighted by molar-refractivity contribution is -0.0324. The first kappa shape index (κ1) is 25.8. The molecule has 0 aliphatic heterocycles. The summed E-state index contributed by atoms with van der Waals surface area (Å²) in [6.07, 6.45) is 1.19. The smallest absolute Gasteiger partial charge is 0.337 e. The standard InChI is InChI=1S/C34H30FNO4/c1-34(38)19-25(20-34)32-30(23-11-13-24(14-12-23)33(37)39-2)31-28(36(32)27-17-15-26(35)16-18-27)9-6-10-29(31)40-21-22-7-4-3-5-8-22/h3-18,25,38H,19-21H2,1-2H3. The molecule has 0 unspecified atom stereocenters. The largest absolute Gasteiger partial charge is 0.488 e. The fourth-order valence-corrected chi connectivity index (χ4v) is 5.82. The van der Waals surface area contributed by atoms with Crippen LogP contribution in [0.15, 0.2) is 97.1 Å². The molecule has 5 aromatic rings. The van der Waals surface area contributed by atoms with E-state index in [1.54, 1.807) is 24.3 Å². The second kappa shape index (κ2) is 10.3. The van der Waals surface area contributed by atoms with Crippen molar-refractivity contribution in [3.8, 4) is 22.6 Å². The number of benzene rings is 4. The zero-order chi connectivity index (χ0) is 27.9. The minimum absolute atomic E-state index is 0.0599. The average Bonchev–Trinajstić information content (AvgIpc) is 3.31. The summed E-state index contributed by atoms with van der Waals surface area (Å²) in [6.45, 7) is 2.25. The van der Waals surface area contributed by atoms with E-state index in [1.165, 1.54) is 19.2 Å². The van der Waals surface area contributed by atoms with E-state index in [2.05, 4.69) is 4.57 Å². The summed E-state index contributed by atoms with van der Waals surface area (Å²) in [5.41, 5.74) is 5.41. The Morgan fingerprint density at radius 3 is 2.30 bits per heavy atom. The Hall–Kier alpha value is -4.42. The number of hydrogen-bond acceptors (Lipinski definition) is 4. The first-order chi connectivity index (χ1) is 19.3. The second-order valence-corrected chi connectivity index (χ2v) is 10.7. The molecule has 0 radical (unpaired) electrons. The van der Waals surface area contributed by atoms with E-state index in [4.69, 9.17) is 9.47 Å². The molecule has 1 aromatic heterocycles. The van der Waals surface area contributed by atoms with Gasteiger partial charge in [0.1, 0.15) is 18.2 Å². The number of aliphatic hydroxyl groups is 1. The van der Waals surface area contributed by atoms with Gasteiger partial charge in [0.15, 0.2) is 0 Å². The van der Waals surface area contributed by atoms with Crippen LogP contribution in [0.2, 0.25) is 0 Å². The van der Waals surface area contributed by atoms with Crippen molar-refractivity contribution in [2.75, 3.05) is 7.11 Å². The number of rotatable bonds is 7. The van der Waals surface area contributed by atoms with E-state index in [9.17, 15) is 14.3 Å². The molecule has 1 N–H and O–H groups in total. The highest BCUT2D eigenvalue weighted by Gasteiger charge is 2.43. The molecule has 0 bridgehead atoms. The summed E-state index contributed by atoms with van der Waals surface area (Å²) in [5, 5.41) is 11.7. The molecule has 0 amide bonds. The van der Waals surface area contributed by atoms with Gasteiger partial charge in [0.2, 0.25) is 0 Å². The number of aromatic nitrogens is 1. The van der Waals surface area contributed by atoms with Crippen LogP contribution in [0.1, 0.15) is 47.3 Å². The summed E-state index contributed by atoms with van der Waals surface area (Å²) in [4.78, 5) is 12.2. The second-order valence-electron chi connectivity index (χ2n) is 10.7. The first-order valence-corrected chi connectivity index (χ1v) is 13.4. The topological polar surface area (TPSA) is 60.7 Å². The molecule has 0 saturated heterocycles. The molecule has 4 aromatic carbocycles. The van der Waals surface area contributed by atoms with Gasteiger partial charge in [-0.3, -0.25) is 0 Å². The number of hydrogen-bond donors (Lipinski definition) is 1. The monoisotopic (exact) mass is 535 g/mol. The Morgan fingerprint density at radius 2 is 1.65 bits per heavy atom. The van der Waals surface area contributed by atoms with Gasteiger partial charge in [-0.05, 0) is 79.4 Å². The SMILES string of the molecule is COC(=O)c1ccc(-c2c(C3CC(C)(O)C3)n(-c3ccc(F)cc3)c3cccc(OCc4ccccc4)c23)cc1.